The van der Waals surface area contributed by atoms with Gasteiger partial charge in [0.2, 0.25) is 0 Å². The Balaban J connectivity index is 2.02. The summed E-state index contributed by atoms with van der Waals surface area (Å²) in [7, 11) is 1.55. The summed E-state index contributed by atoms with van der Waals surface area (Å²) in [5.74, 6) is 1.18. The van der Waals surface area contributed by atoms with Crippen LogP contribution in [0.3, 0.4) is 0 Å². The SMILES string of the molecule is COc1ccc([N+](=O)[O-])cc1CSC(=S)N1CCOCC1. The van der Waals surface area contributed by atoms with Crippen LogP contribution in [0.15, 0.2) is 18.2 Å². The molecule has 0 radical (unpaired) electrons. The van der Waals surface area contributed by atoms with Gasteiger partial charge in [0.1, 0.15) is 10.1 Å². The molecule has 21 heavy (non-hydrogen) atoms. The Bertz CT molecular complexity index is 533. The largest absolute Gasteiger partial charge is 0.496 e. The van der Waals surface area contributed by atoms with Gasteiger partial charge in [-0.15, -0.1) is 0 Å². The van der Waals surface area contributed by atoms with E-state index in [1.807, 2.05) is 0 Å². The molecule has 0 aromatic heterocycles. The first-order valence-electron chi connectivity index (χ1n) is 6.42. The van der Waals surface area contributed by atoms with Crippen LogP contribution in [0.25, 0.3) is 0 Å². The van der Waals surface area contributed by atoms with E-state index in [0.29, 0.717) is 24.7 Å². The van der Waals surface area contributed by atoms with Crippen molar-refractivity contribution in [3.05, 3.63) is 33.9 Å². The first-order chi connectivity index (χ1) is 10.1. The zero-order chi connectivity index (χ0) is 15.2. The molecule has 1 aromatic rings. The minimum Gasteiger partial charge on any atom is -0.496 e. The van der Waals surface area contributed by atoms with Crippen LogP contribution < -0.4 is 4.74 Å². The number of non-ortho nitro benzene ring substituents is 1. The summed E-state index contributed by atoms with van der Waals surface area (Å²) < 4.78 is 11.3. The lowest BCUT2D eigenvalue weighted by molar-refractivity contribution is -0.384. The number of hydrogen-bond donors (Lipinski definition) is 0. The lowest BCUT2D eigenvalue weighted by atomic mass is 10.2. The van der Waals surface area contributed by atoms with E-state index in [9.17, 15) is 10.1 Å². The lowest BCUT2D eigenvalue weighted by Gasteiger charge is -2.28. The van der Waals surface area contributed by atoms with E-state index in [1.165, 1.54) is 23.9 Å². The molecule has 1 aromatic carbocycles. The van der Waals surface area contributed by atoms with Crippen molar-refractivity contribution in [3.63, 3.8) is 0 Å². The van der Waals surface area contributed by atoms with Gasteiger partial charge in [0, 0.05) is 36.5 Å². The second-order valence-corrected chi connectivity index (χ2v) is 6.02. The van der Waals surface area contributed by atoms with Crippen LogP contribution in [-0.4, -0.2) is 47.6 Å². The molecule has 2 rings (SSSR count). The number of thiocarbonyl (C=S) groups is 1. The van der Waals surface area contributed by atoms with E-state index in [4.69, 9.17) is 21.7 Å². The van der Waals surface area contributed by atoms with Crippen LogP contribution in [0.5, 0.6) is 5.75 Å². The number of thioether (sulfide) groups is 1. The molecule has 0 aliphatic carbocycles. The molecule has 114 valence electrons. The van der Waals surface area contributed by atoms with Crippen molar-refractivity contribution in [1.82, 2.24) is 4.90 Å². The number of nitrogens with zero attached hydrogens (tertiary/aromatic N) is 2. The van der Waals surface area contributed by atoms with Gasteiger partial charge in [-0.1, -0.05) is 24.0 Å². The van der Waals surface area contributed by atoms with Crippen LogP contribution in [-0.2, 0) is 10.5 Å². The third-order valence-electron chi connectivity index (χ3n) is 3.10. The van der Waals surface area contributed by atoms with Gasteiger partial charge in [-0.2, -0.15) is 0 Å². The number of methoxy groups -OCH3 is 1. The Morgan fingerprint density at radius 1 is 1.52 bits per heavy atom. The fraction of sp³-hybridized carbons (Fsp3) is 0.462. The highest BCUT2D eigenvalue weighted by molar-refractivity contribution is 8.22. The normalized spacial score (nSPS) is 14.8. The van der Waals surface area contributed by atoms with Crippen molar-refractivity contribution in [2.45, 2.75) is 5.75 Å². The van der Waals surface area contributed by atoms with Crippen molar-refractivity contribution >= 4 is 34.0 Å². The summed E-state index contributed by atoms with van der Waals surface area (Å²) in [5.41, 5.74) is 0.830. The summed E-state index contributed by atoms with van der Waals surface area (Å²) >= 11 is 6.88. The van der Waals surface area contributed by atoms with Gasteiger partial charge in [0.05, 0.1) is 25.2 Å². The number of nitro groups is 1. The maximum absolute atomic E-state index is 10.8. The highest BCUT2D eigenvalue weighted by Crippen LogP contribution is 2.28. The smallest absolute Gasteiger partial charge is 0.270 e. The van der Waals surface area contributed by atoms with E-state index in [1.54, 1.807) is 13.2 Å². The Morgan fingerprint density at radius 2 is 2.24 bits per heavy atom. The molecule has 0 amide bonds. The predicted octanol–water partition coefficient (Wildman–Crippen LogP) is 2.45. The predicted molar refractivity (Wildman–Crippen MR) is 85.9 cm³/mol. The highest BCUT2D eigenvalue weighted by atomic mass is 32.2. The van der Waals surface area contributed by atoms with Gasteiger partial charge in [-0.3, -0.25) is 10.1 Å². The zero-order valence-electron chi connectivity index (χ0n) is 11.6. The molecule has 1 fully saturated rings. The minimum atomic E-state index is -0.409. The molecule has 1 aliphatic heterocycles. The molecule has 1 heterocycles. The molecule has 1 saturated heterocycles. The summed E-state index contributed by atoms with van der Waals surface area (Å²) in [6.07, 6.45) is 0. The molecule has 0 N–H and O–H groups in total. The van der Waals surface area contributed by atoms with E-state index in [2.05, 4.69) is 4.90 Å². The van der Waals surface area contributed by atoms with Gasteiger partial charge >= 0.3 is 0 Å². The Kier molecular flexibility index (Phi) is 5.77. The quantitative estimate of drug-likeness (QED) is 0.478. The van der Waals surface area contributed by atoms with E-state index in [0.717, 1.165) is 23.0 Å². The molecule has 1 aliphatic rings. The topological polar surface area (TPSA) is 64.8 Å². The fourth-order valence-corrected chi connectivity index (χ4v) is 3.20. The molecular weight excluding hydrogens is 312 g/mol. The fourth-order valence-electron chi connectivity index (χ4n) is 1.97. The van der Waals surface area contributed by atoms with Gasteiger partial charge < -0.3 is 14.4 Å². The molecule has 0 bridgehead atoms. The molecule has 0 unspecified atom stereocenters. The summed E-state index contributed by atoms with van der Waals surface area (Å²) in [6, 6.07) is 4.59. The Hall–Kier alpha value is -1.38. The lowest BCUT2D eigenvalue weighted by Crippen LogP contribution is -2.38. The van der Waals surface area contributed by atoms with Gasteiger partial charge in [0.25, 0.3) is 5.69 Å². The van der Waals surface area contributed by atoms with Crippen molar-refractivity contribution in [2.24, 2.45) is 0 Å². The third kappa shape index (κ3) is 4.29. The van der Waals surface area contributed by atoms with Crippen molar-refractivity contribution in [2.75, 3.05) is 33.4 Å². The van der Waals surface area contributed by atoms with Crippen LogP contribution >= 0.6 is 24.0 Å². The number of benzene rings is 1. The average molecular weight is 328 g/mol. The van der Waals surface area contributed by atoms with E-state index >= 15 is 0 Å². The standard InChI is InChI=1S/C13H16N2O4S2/c1-18-12-3-2-11(15(16)17)8-10(12)9-21-13(20)14-4-6-19-7-5-14/h2-3,8H,4-7,9H2,1H3. The number of hydrogen-bond acceptors (Lipinski definition) is 6. The first kappa shape index (κ1) is 16.0. The van der Waals surface area contributed by atoms with Crippen LogP contribution in [0.4, 0.5) is 5.69 Å². The third-order valence-corrected chi connectivity index (χ3v) is 4.67. The molecule has 0 atom stereocenters. The minimum absolute atomic E-state index is 0.0590. The van der Waals surface area contributed by atoms with Crippen molar-refractivity contribution < 1.29 is 14.4 Å². The molecule has 6 nitrogen and oxygen atoms in total. The van der Waals surface area contributed by atoms with Gasteiger partial charge in [0.15, 0.2) is 0 Å². The van der Waals surface area contributed by atoms with E-state index in [-0.39, 0.29) is 5.69 Å². The average Bonchev–Trinajstić information content (AvgIpc) is 2.53. The Labute approximate surface area is 132 Å². The number of rotatable bonds is 4. The maximum Gasteiger partial charge on any atom is 0.270 e. The highest BCUT2D eigenvalue weighted by Gasteiger charge is 2.16. The molecular formula is C13H16N2O4S2. The van der Waals surface area contributed by atoms with Crippen LogP contribution in [0, 0.1) is 10.1 Å². The second-order valence-electron chi connectivity index (χ2n) is 4.41. The summed E-state index contributed by atoms with van der Waals surface area (Å²) in [4.78, 5) is 12.5. The molecule has 0 spiro atoms. The number of morpholine rings is 1. The van der Waals surface area contributed by atoms with Crippen molar-refractivity contribution in [1.29, 1.82) is 0 Å². The maximum atomic E-state index is 10.8. The number of nitro benzene ring substituents is 1. The van der Waals surface area contributed by atoms with E-state index < -0.39 is 4.92 Å². The van der Waals surface area contributed by atoms with Crippen LogP contribution in [0.1, 0.15) is 5.56 Å². The van der Waals surface area contributed by atoms with Gasteiger partial charge in [-0.25, -0.2) is 0 Å². The molecule has 0 saturated carbocycles. The Morgan fingerprint density at radius 3 is 2.86 bits per heavy atom. The first-order valence-corrected chi connectivity index (χ1v) is 7.82. The van der Waals surface area contributed by atoms with Crippen LogP contribution in [0.2, 0.25) is 0 Å². The van der Waals surface area contributed by atoms with Crippen molar-refractivity contribution in [3.8, 4) is 5.75 Å². The molecule has 8 heteroatoms. The number of ether oxygens (including phenoxy) is 2. The summed E-state index contributed by atoms with van der Waals surface area (Å²) in [5, 5.41) is 10.8. The second kappa shape index (κ2) is 7.58. The summed E-state index contributed by atoms with van der Waals surface area (Å²) in [6.45, 7) is 2.94. The monoisotopic (exact) mass is 328 g/mol. The van der Waals surface area contributed by atoms with Gasteiger partial charge in [-0.05, 0) is 6.07 Å². The zero-order valence-corrected chi connectivity index (χ0v) is 13.2.